The van der Waals surface area contributed by atoms with E-state index in [0.717, 1.165) is 4.90 Å². The standard InChI is InChI=1S/C22H19N5O4/c1-22(15-6-3-2-4-7-15)20(29)27(21(30)26-22)14-18(28)25-16-8-5-9-17(12-16)31-19-13-23-10-11-24-19/h2-13H,14H2,1H3,(H,25,28)(H,26,30). The summed E-state index contributed by atoms with van der Waals surface area (Å²) in [4.78, 5) is 46.7. The predicted molar refractivity (Wildman–Crippen MR) is 111 cm³/mol. The molecule has 1 aliphatic rings. The SMILES string of the molecule is CC1(c2ccccc2)NC(=O)N(CC(=O)Nc2cccc(Oc3cnccn3)c2)C1=O. The highest BCUT2D eigenvalue weighted by Gasteiger charge is 2.49. The number of amides is 4. The average Bonchev–Trinajstić information content (AvgIpc) is 2.99. The first kappa shape index (κ1) is 20.0. The Morgan fingerprint density at radius 3 is 2.68 bits per heavy atom. The molecule has 1 fully saturated rings. The van der Waals surface area contributed by atoms with Crippen molar-refractivity contribution in [2.45, 2.75) is 12.5 Å². The summed E-state index contributed by atoms with van der Waals surface area (Å²) in [5, 5.41) is 5.35. The molecule has 31 heavy (non-hydrogen) atoms. The smallest absolute Gasteiger partial charge is 0.325 e. The van der Waals surface area contributed by atoms with Crippen LogP contribution in [-0.2, 0) is 15.1 Å². The molecule has 4 amide bonds. The number of anilines is 1. The first-order valence-corrected chi connectivity index (χ1v) is 9.49. The first-order valence-electron chi connectivity index (χ1n) is 9.49. The lowest BCUT2D eigenvalue weighted by atomic mass is 9.92. The van der Waals surface area contributed by atoms with Crippen LogP contribution >= 0.6 is 0 Å². The summed E-state index contributed by atoms with van der Waals surface area (Å²) in [6.07, 6.45) is 4.50. The van der Waals surface area contributed by atoms with E-state index in [9.17, 15) is 14.4 Å². The zero-order chi connectivity index (χ0) is 21.8. The monoisotopic (exact) mass is 417 g/mol. The summed E-state index contributed by atoms with van der Waals surface area (Å²) >= 11 is 0. The molecule has 1 atom stereocenters. The van der Waals surface area contributed by atoms with Crippen molar-refractivity contribution in [2.75, 3.05) is 11.9 Å². The van der Waals surface area contributed by atoms with Crippen LogP contribution in [0.25, 0.3) is 0 Å². The summed E-state index contributed by atoms with van der Waals surface area (Å²) in [6, 6.07) is 14.9. The van der Waals surface area contributed by atoms with Gasteiger partial charge in [-0.3, -0.25) is 19.5 Å². The van der Waals surface area contributed by atoms with E-state index in [1.165, 1.54) is 18.6 Å². The third-order valence-electron chi connectivity index (χ3n) is 4.81. The van der Waals surface area contributed by atoms with Crippen molar-refractivity contribution in [3.05, 3.63) is 78.8 Å². The minimum Gasteiger partial charge on any atom is -0.437 e. The number of imide groups is 1. The van der Waals surface area contributed by atoms with Gasteiger partial charge in [0.1, 0.15) is 17.8 Å². The average molecular weight is 417 g/mol. The fraction of sp³-hybridized carbons (Fsp3) is 0.136. The van der Waals surface area contributed by atoms with Crippen molar-refractivity contribution in [2.24, 2.45) is 0 Å². The summed E-state index contributed by atoms with van der Waals surface area (Å²) in [5.74, 6) is -0.244. The van der Waals surface area contributed by atoms with Crippen molar-refractivity contribution in [3.63, 3.8) is 0 Å². The van der Waals surface area contributed by atoms with Crippen molar-refractivity contribution in [1.29, 1.82) is 0 Å². The van der Waals surface area contributed by atoms with Gasteiger partial charge in [-0.2, -0.15) is 0 Å². The maximum atomic E-state index is 12.9. The van der Waals surface area contributed by atoms with Crippen LogP contribution in [0.15, 0.2) is 73.2 Å². The van der Waals surface area contributed by atoms with Gasteiger partial charge in [0.15, 0.2) is 0 Å². The molecule has 0 aliphatic carbocycles. The lowest BCUT2D eigenvalue weighted by Gasteiger charge is -2.22. The van der Waals surface area contributed by atoms with Crippen molar-refractivity contribution in [3.8, 4) is 11.6 Å². The molecule has 4 rings (SSSR count). The molecule has 1 aliphatic heterocycles. The molecule has 1 aromatic heterocycles. The van der Waals surface area contributed by atoms with Crippen LogP contribution < -0.4 is 15.4 Å². The third-order valence-corrected chi connectivity index (χ3v) is 4.81. The van der Waals surface area contributed by atoms with Crippen LogP contribution in [0.1, 0.15) is 12.5 Å². The number of hydrogen-bond acceptors (Lipinski definition) is 6. The topological polar surface area (TPSA) is 114 Å². The molecule has 1 saturated heterocycles. The minimum absolute atomic E-state index is 0.311. The molecule has 9 nitrogen and oxygen atoms in total. The van der Waals surface area contributed by atoms with Gasteiger partial charge in [-0.05, 0) is 24.6 Å². The van der Waals surface area contributed by atoms with E-state index < -0.39 is 29.9 Å². The summed E-state index contributed by atoms with van der Waals surface area (Å²) in [7, 11) is 0. The van der Waals surface area contributed by atoms with Crippen LogP contribution in [-0.4, -0.2) is 39.3 Å². The van der Waals surface area contributed by atoms with E-state index in [0.29, 0.717) is 22.9 Å². The van der Waals surface area contributed by atoms with Crippen molar-refractivity contribution in [1.82, 2.24) is 20.2 Å². The van der Waals surface area contributed by atoms with Crippen LogP contribution in [0.2, 0.25) is 0 Å². The fourth-order valence-electron chi connectivity index (χ4n) is 3.25. The summed E-state index contributed by atoms with van der Waals surface area (Å²) in [5.41, 5.74) is -0.127. The van der Waals surface area contributed by atoms with E-state index >= 15 is 0 Å². The quantitative estimate of drug-likeness (QED) is 0.596. The number of rotatable bonds is 6. The largest absolute Gasteiger partial charge is 0.437 e. The number of hydrogen-bond donors (Lipinski definition) is 2. The van der Waals surface area contributed by atoms with Gasteiger partial charge in [-0.1, -0.05) is 36.4 Å². The van der Waals surface area contributed by atoms with Gasteiger partial charge in [0.2, 0.25) is 11.8 Å². The van der Waals surface area contributed by atoms with Crippen LogP contribution in [0.5, 0.6) is 11.6 Å². The molecule has 2 aromatic carbocycles. The Morgan fingerprint density at radius 2 is 1.94 bits per heavy atom. The zero-order valence-corrected chi connectivity index (χ0v) is 16.6. The maximum Gasteiger partial charge on any atom is 0.325 e. The van der Waals surface area contributed by atoms with Crippen LogP contribution in [0.3, 0.4) is 0 Å². The van der Waals surface area contributed by atoms with Gasteiger partial charge in [-0.25, -0.2) is 9.78 Å². The Balaban J connectivity index is 1.43. The molecule has 2 heterocycles. The van der Waals surface area contributed by atoms with Gasteiger partial charge in [0, 0.05) is 24.1 Å². The van der Waals surface area contributed by atoms with Gasteiger partial charge >= 0.3 is 6.03 Å². The molecule has 0 spiro atoms. The lowest BCUT2D eigenvalue weighted by molar-refractivity contribution is -0.133. The Hall–Kier alpha value is -4.27. The van der Waals surface area contributed by atoms with Gasteiger partial charge in [-0.15, -0.1) is 0 Å². The number of nitrogens with zero attached hydrogens (tertiary/aromatic N) is 3. The fourth-order valence-corrected chi connectivity index (χ4v) is 3.25. The van der Waals surface area contributed by atoms with E-state index in [2.05, 4.69) is 20.6 Å². The number of benzene rings is 2. The third kappa shape index (κ3) is 4.20. The number of ether oxygens (including phenoxy) is 1. The van der Waals surface area contributed by atoms with Crippen molar-refractivity contribution < 1.29 is 19.1 Å². The van der Waals surface area contributed by atoms with Gasteiger partial charge < -0.3 is 15.4 Å². The number of carbonyl (C=O) groups excluding carboxylic acids is 3. The number of carbonyl (C=O) groups is 3. The molecular formula is C22H19N5O4. The minimum atomic E-state index is -1.22. The highest BCUT2D eigenvalue weighted by atomic mass is 16.5. The second-order valence-electron chi connectivity index (χ2n) is 7.03. The molecule has 3 aromatic rings. The summed E-state index contributed by atoms with van der Waals surface area (Å²) < 4.78 is 5.59. The molecule has 0 bridgehead atoms. The Morgan fingerprint density at radius 1 is 1.13 bits per heavy atom. The van der Waals surface area contributed by atoms with Crippen molar-refractivity contribution >= 4 is 23.5 Å². The number of urea groups is 1. The molecule has 0 saturated carbocycles. The molecule has 2 N–H and O–H groups in total. The molecule has 0 radical (unpaired) electrons. The van der Waals surface area contributed by atoms with E-state index in [-0.39, 0.29) is 0 Å². The molecule has 9 heteroatoms. The Bertz CT molecular complexity index is 1120. The van der Waals surface area contributed by atoms with Gasteiger partial charge in [0.25, 0.3) is 5.91 Å². The molecule has 156 valence electrons. The van der Waals surface area contributed by atoms with Gasteiger partial charge in [0.05, 0.1) is 6.20 Å². The first-order chi connectivity index (χ1) is 15.0. The second kappa shape index (κ2) is 8.23. The zero-order valence-electron chi connectivity index (χ0n) is 16.6. The normalized spacial score (nSPS) is 17.9. The lowest BCUT2D eigenvalue weighted by Crippen LogP contribution is -2.42. The molecular weight excluding hydrogens is 398 g/mol. The maximum absolute atomic E-state index is 12.9. The Kier molecular flexibility index (Phi) is 5.31. The predicted octanol–water partition coefficient (Wildman–Crippen LogP) is 2.67. The Labute approximate surface area is 178 Å². The number of aromatic nitrogens is 2. The van der Waals surface area contributed by atoms with Crippen LogP contribution in [0, 0.1) is 0 Å². The number of nitrogens with one attached hydrogen (secondary N) is 2. The van der Waals surface area contributed by atoms with E-state index in [4.69, 9.17) is 4.74 Å². The van der Waals surface area contributed by atoms with E-state index in [1.807, 2.05) is 6.07 Å². The highest BCUT2D eigenvalue weighted by Crippen LogP contribution is 2.28. The highest BCUT2D eigenvalue weighted by molar-refractivity contribution is 6.10. The second-order valence-corrected chi connectivity index (χ2v) is 7.03. The van der Waals surface area contributed by atoms with E-state index in [1.54, 1.807) is 55.5 Å². The van der Waals surface area contributed by atoms with Crippen LogP contribution in [0.4, 0.5) is 10.5 Å². The molecule has 1 unspecified atom stereocenters. The summed E-state index contributed by atoms with van der Waals surface area (Å²) in [6.45, 7) is 1.20.